The van der Waals surface area contributed by atoms with Crippen LogP contribution in [0.25, 0.3) is 0 Å². The van der Waals surface area contributed by atoms with E-state index in [4.69, 9.17) is 0 Å². The van der Waals surface area contributed by atoms with E-state index in [1.54, 1.807) is 10.6 Å². The van der Waals surface area contributed by atoms with Crippen LogP contribution in [0.5, 0.6) is 5.75 Å². The minimum atomic E-state index is -0.426. The van der Waals surface area contributed by atoms with Crippen LogP contribution in [-0.2, 0) is 19.7 Å². The number of hydrogen-bond acceptors (Lipinski definition) is 4. The first-order chi connectivity index (χ1) is 10.6. The van der Waals surface area contributed by atoms with Gasteiger partial charge in [-0.1, -0.05) is 19.4 Å². The van der Waals surface area contributed by atoms with Crippen LogP contribution in [-0.4, -0.2) is 32.3 Å². The van der Waals surface area contributed by atoms with Crippen LogP contribution in [0.15, 0.2) is 23.5 Å². The minimum absolute atomic E-state index is 0.209. The van der Waals surface area contributed by atoms with E-state index in [-0.39, 0.29) is 12.4 Å². The van der Waals surface area contributed by atoms with Crippen molar-refractivity contribution >= 4 is 0 Å². The van der Waals surface area contributed by atoms with Crippen molar-refractivity contribution in [3.63, 3.8) is 0 Å². The Morgan fingerprint density at radius 3 is 2.86 bits per heavy atom. The van der Waals surface area contributed by atoms with Gasteiger partial charge >= 0.3 is 0 Å². The molecule has 1 aliphatic rings. The molecule has 0 aromatic carbocycles. The molecule has 1 fully saturated rings. The van der Waals surface area contributed by atoms with Gasteiger partial charge in [0.25, 0.3) is 0 Å². The van der Waals surface area contributed by atoms with E-state index < -0.39 is 5.43 Å². The van der Waals surface area contributed by atoms with Gasteiger partial charge in [-0.15, -0.1) is 6.58 Å². The molecule has 0 aliphatic carbocycles. The average molecular weight is 306 g/mol. The SMILES string of the molecule is C=CCn1c(CO)cc(=O)c(O)c1CN1CCCCC1CC. The number of piperidine rings is 1. The Hall–Kier alpha value is -1.59. The molecule has 0 amide bonds. The number of aromatic hydroxyl groups is 1. The Balaban J connectivity index is 2.41. The molecule has 1 aromatic rings. The highest BCUT2D eigenvalue weighted by atomic mass is 16.3. The highest BCUT2D eigenvalue weighted by molar-refractivity contribution is 5.30. The third-order valence-electron chi connectivity index (χ3n) is 4.52. The number of hydrogen-bond donors (Lipinski definition) is 2. The van der Waals surface area contributed by atoms with E-state index in [0.29, 0.717) is 30.5 Å². The summed E-state index contributed by atoms with van der Waals surface area (Å²) in [5.41, 5.74) is 0.670. The van der Waals surface area contributed by atoms with E-state index in [2.05, 4.69) is 18.4 Å². The largest absolute Gasteiger partial charge is 0.503 e. The molecule has 0 radical (unpaired) electrons. The van der Waals surface area contributed by atoms with Gasteiger partial charge < -0.3 is 14.8 Å². The quantitative estimate of drug-likeness (QED) is 0.789. The molecule has 0 spiro atoms. The standard InChI is InChI=1S/C17H26N2O3/c1-3-8-19-14(12-20)10-16(21)17(22)15(19)11-18-9-6-5-7-13(18)4-2/h3,10,13,20,22H,1,4-9,11-12H2,2H3. The smallest absolute Gasteiger partial charge is 0.223 e. The molecule has 1 aromatic heterocycles. The maximum Gasteiger partial charge on any atom is 0.223 e. The van der Waals surface area contributed by atoms with Gasteiger partial charge in [-0.05, 0) is 25.8 Å². The van der Waals surface area contributed by atoms with Crippen molar-refractivity contribution in [1.82, 2.24) is 9.47 Å². The van der Waals surface area contributed by atoms with E-state index in [9.17, 15) is 15.0 Å². The normalized spacial score (nSPS) is 19.3. The summed E-state index contributed by atoms with van der Waals surface area (Å²) in [4.78, 5) is 14.3. The summed E-state index contributed by atoms with van der Waals surface area (Å²) in [6.45, 7) is 7.64. The van der Waals surface area contributed by atoms with Gasteiger partial charge in [0, 0.05) is 30.9 Å². The zero-order valence-corrected chi connectivity index (χ0v) is 13.3. The Bertz CT molecular complexity index is 580. The lowest BCUT2D eigenvalue weighted by atomic mass is 9.99. The Morgan fingerprint density at radius 1 is 1.45 bits per heavy atom. The fourth-order valence-corrected chi connectivity index (χ4v) is 3.31. The van der Waals surface area contributed by atoms with Crippen molar-refractivity contribution in [2.24, 2.45) is 0 Å². The fourth-order valence-electron chi connectivity index (χ4n) is 3.31. The summed E-state index contributed by atoms with van der Waals surface area (Å²) in [5, 5.41) is 19.7. The number of allylic oxidation sites excluding steroid dienone is 1. The van der Waals surface area contributed by atoms with Gasteiger partial charge in [-0.2, -0.15) is 0 Å². The first-order valence-corrected chi connectivity index (χ1v) is 8.02. The number of nitrogens with zero attached hydrogens (tertiary/aromatic N) is 2. The second-order valence-corrected chi connectivity index (χ2v) is 5.88. The van der Waals surface area contributed by atoms with E-state index in [1.165, 1.54) is 12.5 Å². The van der Waals surface area contributed by atoms with Crippen LogP contribution >= 0.6 is 0 Å². The molecule has 2 N–H and O–H groups in total. The zero-order chi connectivity index (χ0) is 16.1. The summed E-state index contributed by atoms with van der Waals surface area (Å²) in [6.07, 6.45) is 6.30. The van der Waals surface area contributed by atoms with Gasteiger partial charge in [0.2, 0.25) is 5.43 Å². The average Bonchev–Trinajstić information content (AvgIpc) is 2.54. The number of rotatable bonds is 6. The highest BCUT2D eigenvalue weighted by Gasteiger charge is 2.24. The molecule has 0 bridgehead atoms. The fraction of sp³-hybridized carbons (Fsp3) is 0.588. The second kappa shape index (κ2) is 7.61. The molecule has 0 saturated carbocycles. The zero-order valence-electron chi connectivity index (χ0n) is 13.3. The van der Waals surface area contributed by atoms with E-state index >= 15 is 0 Å². The summed E-state index contributed by atoms with van der Waals surface area (Å²) in [7, 11) is 0. The molecule has 5 heteroatoms. The molecule has 1 unspecified atom stereocenters. The highest BCUT2D eigenvalue weighted by Crippen LogP contribution is 2.24. The molecule has 2 heterocycles. The summed E-state index contributed by atoms with van der Waals surface area (Å²) >= 11 is 0. The van der Waals surface area contributed by atoms with Crippen molar-refractivity contribution in [2.75, 3.05) is 6.54 Å². The molecule has 5 nitrogen and oxygen atoms in total. The van der Waals surface area contributed by atoms with Gasteiger partial charge in [0.1, 0.15) is 0 Å². The van der Waals surface area contributed by atoms with Crippen molar-refractivity contribution in [3.05, 3.63) is 40.3 Å². The van der Waals surface area contributed by atoms with E-state index in [1.807, 2.05) is 0 Å². The summed E-state index contributed by atoms with van der Waals surface area (Å²) < 4.78 is 1.80. The van der Waals surface area contributed by atoms with Gasteiger partial charge in [-0.25, -0.2) is 0 Å². The van der Waals surface area contributed by atoms with Crippen molar-refractivity contribution < 1.29 is 10.2 Å². The number of aliphatic hydroxyl groups excluding tert-OH is 1. The van der Waals surface area contributed by atoms with Crippen molar-refractivity contribution in [3.8, 4) is 5.75 Å². The summed E-state index contributed by atoms with van der Waals surface area (Å²) in [6, 6.07) is 1.79. The molecule has 122 valence electrons. The molecule has 22 heavy (non-hydrogen) atoms. The maximum atomic E-state index is 11.9. The topological polar surface area (TPSA) is 65.7 Å². The monoisotopic (exact) mass is 306 g/mol. The molecule has 1 aliphatic heterocycles. The Kier molecular flexibility index (Phi) is 5.80. The molecular formula is C17H26N2O3. The van der Waals surface area contributed by atoms with Crippen molar-refractivity contribution in [2.45, 2.75) is 58.3 Å². The lowest BCUT2D eigenvalue weighted by Crippen LogP contribution is -2.39. The van der Waals surface area contributed by atoms with Gasteiger partial charge in [0.05, 0.1) is 12.3 Å². The Labute approximate surface area is 131 Å². The minimum Gasteiger partial charge on any atom is -0.503 e. The molecule has 2 rings (SSSR count). The predicted octanol–water partition coefficient (Wildman–Crippen LogP) is 2.00. The Morgan fingerprint density at radius 2 is 2.23 bits per heavy atom. The first kappa shape index (κ1) is 16.8. The number of likely N-dealkylation sites (tertiary alicyclic amines) is 1. The molecular weight excluding hydrogens is 280 g/mol. The van der Waals surface area contributed by atoms with Crippen LogP contribution in [0, 0.1) is 0 Å². The van der Waals surface area contributed by atoms with Crippen LogP contribution in [0.4, 0.5) is 0 Å². The van der Waals surface area contributed by atoms with Crippen LogP contribution in [0.2, 0.25) is 0 Å². The van der Waals surface area contributed by atoms with Crippen molar-refractivity contribution in [1.29, 1.82) is 0 Å². The number of aliphatic hydroxyl groups is 1. The third-order valence-corrected chi connectivity index (χ3v) is 4.52. The van der Waals surface area contributed by atoms with Gasteiger partial charge in [0.15, 0.2) is 5.75 Å². The van der Waals surface area contributed by atoms with Crippen LogP contribution < -0.4 is 5.43 Å². The van der Waals surface area contributed by atoms with E-state index in [0.717, 1.165) is 25.8 Å². The lowest BCUT2D eigenvalue weighted by Gasteiger charge is -2.36. The number of pyridine rings is 1. The maximum absolute atomic E-state index is 11.9. The number of aromatic nitrogens is 1. The lowest BCUT2D eigenvalue weighted by molar-refractivity contribution is 0.130. The predicted molar refractivity (Wildman–Crippen MR) is 86.8 cm³/mol. The second-order valence-electron chi connectivity index (χ2n) is 5.88. The first-order valence-electron chi connectivity index (χ1n) is 8.02. The third kappa shape index (κ3) is 3.42. The summed E-state index contributed by atoms with van der Waals surface area (Å²) in [5.74, 6) is -0.209. The van der Waals surface area contributed by atoms with Gasteiger partial charge in [-0.3, -0.25) is 9.69 Å². The van der Waals surface area contributed by atoms with Crippen LogP contribution in [0.1, 0.15) is 44.0 Å². The molecule has 1 saturated heterocycles. The van der Waals surface area contributed by atoms with Crippen LogP contribution in [0.3, 0.4) is 0 Å². The molecule has 1 atom stereocenters.